The largest absolute Gasteiger partial charge is 0.382 e. The van der Waals surface area contributed by atoms with Gasteiger partial charge in [0.2, 0.25) is 0 Å². The number of nitrogens with zero attached hydrogens (tertiary/aromatic N) is 1. The van der Waals surface area contributed by atoms with Crippen LogP contribution in [0.25, 0.3) is 0 Å². The summed E-state index contributed by atoms with van der Waals surface area (Å²) >= 11 is 0. The number of nitrogens with one attached hydrogen (secondary N) is 1. The fourth-order valence-electron chi connectivity index (χ4n) is 2.75. The molecule has 0 amide bonds. The minimum atomic E-state index is 0.384. The third-order valence-electron chi connectivity index (χ3n) is 4.25. The van der Waals surface area contributed by atoms with Crippen LogP contribution in [0.2, 0.25) is 0 Å². The zero-order chi connectivity index (χ0) is 14.6. The van der Waals surface area contributed by atoms with Crippen molar-refractivity contribution in [3.8, 4) is 0 Å². The van der Waals surface area contributed by atoms with Gasteiger partial charge in [-0.1, -0.05) is 38.5 Å². The Kier molecular flexibility index (Phi) is 9.73. The highest BCUT2D eigenvalue weighted by atomic mass is 16.5. The van der Waals surface area contributed by atoms with Crippen LogP contribution in [0.1, 0.15) is 78.1 Å². The van der Waals surface area contributed by atoms with Crippen molar-refractivity contribution in [2.45, 2.75) is 96.2 Å². The Morgan fingerprint density at radius 3 is 1.95 bits per heavy atom. The predicted molar refractivity (Wildman–Crippen MR) is 87.5 cm³/mol. The molecule has 2 fully saturated rings. The van der Waals surface area contributed by atoms with E-state index in [2.05, 4.69) is 10.3 Å². The van der Waals surface area contributed by atoms with E-state index < -0.39 is 0 Å². The molecule has 3 nitrogen and oxygen atoms in total. The smallest absolute Gasteiger partial charge is 0.0829 e. The molecule has 2 aliphatic rings. The maximum Gasteiger partial charge on any atom is 0.0829 e. The van der Waals surface area contributed by atoms with Gasteiger partial charge < -0.3 is 10.1 Å². The predicted octanol–water partition coefficient (Wildman–Crippen LogP) is 4.31. The topological polar surface area (TPSA) is 33.6 Å². The molecule has 0 spiro atoms. The van der Waals surface area contributed by atoms with Crippen molar-refractivity contribution in [2.75, 3.05) is 7.11 Å². The van der Waals surface area contributed by atoms with Gasteiger partial charge in [0.15, 0.2) is 0 Å². The first kappa shape index (κ1) is 17.5. The van der Waals surface area contributed by atoms with Crippen molar-refractivity contribution in [1.82, 2.24) is 5.32 Å². The second-order valence-electron chi connectivity index (χ2n) is 6.36. The lowest BCUT2D eigenvalue weighted by Crippen LogP contribution is -2.30. The highest BCUT2D eigenvalue weighted by Gasteiger charge is 2.13. The molecule has 2 aliphatic carbocycles. The van der Waals surface area contributed by atoms with Crippen LogP contribution < -0.4 is 5.32 Å². The maximum atomic E-state index is 4.75. The number of hydrogen-bond donors (Lipinski definition) is 1. The van der Waals surface area contributed by atoms with Crippen LogP contribution in [0.15, 0.2) is 4.99 Å². The van der Waals surface area contributed by atoms with Gasteiger partial charge >= 0.3 is 0 Å². The molecular weight excluding hydrogens is 248 g/mol. The summed E-state index contributed by atoms with van der Waals surface area (Å²) in [7, 11) is 1.70. The molecule has 0 saturated heterocycles. The molecule has 118 valence electrons. The molecule has 0 aromatic heterocycles. The highest BCUT2D eigenvalue weighted by Crippen LogP contribution is 2.20. The lowest BCUT2D eigenvalue weighted by atomic mass is 9.95. The van der Waals surface area contributed by atoms with E-state index in [1.165, 1.54) is 64.2 Å². The normalized spacial score (nSPS) is 21.8. The summed E-state index contributed by atoms with van der Waals surface area (Å²) in [5.41, 5.74) is 0. The third-order valence-corrected chi connectivity index (χ3v) is 4.25. The van der Waals surface area contributed by atoms with Crippen LogP contribution in [0.4, 0.5) is 0 Å². The first-order valence-corrected chi connectivity index (χ1v) is 8.53. The molecule has 0 aromatic carbocycles. The highest BCUT2D eigenvalue weighted by molar-refractivity contribution is 5.55. The van der Waals surface area contributed by atoms with Crippen LogP contribution >= 0.6 is 0 Å². The number of ether oxygens (including phenoxy) is 1. The standard InChI is InChI=1S/C13H24N2.C4H10O/c1-3-7-12(8-4-1)14-11-15-13-9-5-2-6-10-13;1-4(2)5-3/h11-13H,1-10H2,(H,14,15);4H,1-3H3. The molecular formula is C17H34N2O. The summed E-state index contributed by atoms with van der Waals surface area (Å²) in [5, 5.41) is 3.48. The van der Waals surface area contributed by atoms with E-state index in [-0.39, 0.29) is 0 Å². The van der Waals surface area contributed by atoms with Crippen LogP contribution in [0.3, 0.4) is 0 Å². The second-order valence-corrected chi connectivity index (χ2v) is 6.36. The summed E-state index contributed by atoms with van der Waals surface area (Å²) < 4.78 is 4.75. The van der Waals surface area contributed by atoms with Gasteiger partial charge in [-0.2, -0.15) is 0 Å². The first-order valence-electron chi connectivity index (χ1n) is 8.53. The monoisotopic (exact) mass is 282 g/mol. The number of hydrogen-bond acceptors (Lipinski definition) is 2. The van der Waals surface area contributed by atoms with Crippen molar-refractivity contribution >= 4 is 6.34 Å². The van der Waals surface area contributed by atoms with Gasteiger partial charge in [0.25, 0.3) is 0 Å². The summed E-state index contributed by atoms with van der Waals surface area (Å²) in [4.78, 5) is 4.64. The quantitative estimate of drug-likeness (QED) is 0.615. The first-order chi connectivity index (χ1) is 9.72. The van der Waals surface area contributed by atoms with Gasteiger partial charge in [-0.15, -0.1) is 0 Å². The fraction of sp³-hybridized carbons (Fsp3) is 0.941. The van der Waals surface area contributed by atoms with E-state index >= 15 is 0 Å². The average Bonchev–Trinajstić information content (AvgIpc) is 2.50. The van der Waals surface area contributed by atoms with E-state index in [0.29, 0.717) is 18.2 Å². The summed E-state index contributed by atoms with van der Waals surface area (Å²) in [6.07, 6.45) is 16.1. The maximum absolute atomic E-state index is 4.75. The average molecular weight is 282 g/mol. The summed E-state index contributed by atoms with van der Waals surface area (Å²) in [6.45, 7) is 4.00. The van der Waals surface area contributed by atoms with E-state index in [4.69, 9.17) is 4.74 Å². The van der Waals surface area contributed by atoms with Crippen molar-refractivity contribution in [3.05, 3.63) is 0 Å². The van der Waals surface area contributed by atoms with Gasteiger partial charge in [0, 0.05) is 13.2 Å². The van der Waals surface area contributed by atoms with Gasteiger partial charge in [-0.05, 0) is 39.5 Å². The Bertz CT molecular complexity index is 241. The molecule has 0 aromatic rings. The van der Waals surface area contributed by atoms with Crippen LogP contribution in [0.5, 0.6) is 0 Å². The lowest BCUT2D eigenvalue weighted by molar-refractivity contribution is 0.134. The molecule has 1 N–H and O–H groups in total. The second kappa shape index (κ2) is 11.1. The number of rotatable bonds is 4. The number of aliphatic imine (C=N–C) groups is 1. The van der Waals surface area contributed by atoms with Crippen molar-refractivity contribution in [3.63, 3.8) is 0 Å². The van der Waals surface area contributed by atoms with Crippen molar-refractivity contribution < 1.29 is 4.74 Å². The van der Waals surface area contributed by atoms with Gasteiger partial charge in [-0.3, -0.25) is 4.99 Å². The van der Waals surface area contributed by atoms with Crippen molar-refractivity contribution in [1.29, 1.82) is 0 Å². The Balaban J connectivity index is 0.000000347. The molecule has 2 rings (SSSR count). The zero-order valence-electron chi connectivity index (χ0n) is 13.7. The molecule has 0 atom stereocenters. The molecule has 0 aliphatic heterocycles. The molecule has 20 heavy (non-hydrogen) atoms. The Morgan fingerprint density at radius 2 is 1.45 bits per heavy atom. The molecule has 0 heterocycles. The van der Waals surface area contributed by atoms with Gasteiger partial charge in [0.1, 0.15) is 0 Å². The third kappa shape index (κ3) is 8.57. The zero-order valence-corrected chi connectivity index (χ0v) is 13.7. The Labute approximate surface area is 125 Å². The van der Waals surface area contributed by atoms with Crippen molar-refractivity contribution in [2.24, 2.45) is 4.99 Å². The summed E-state index contributed by atoms with van der Waals surface area (Å²) in [5.74, 6) is 0. The lowest BCUT2D eigenvalue weighted by Gasteiger charge is -2.22. The molecule has 0 bridgehead atoms. The van der Waals surface area contributed by atoms with E-state index in [1.807, 2.05) is 20.2 Å². The molecule has 2 saturated carbocycles. The van der Waals surface area contributed by atoms with Crippen LogP contribution in [-0.4, -0.2) is 31.6 Å². The van der Waals surface area contributed by atoms with Gasteiger partial charge in [0.05, 0.1) is 18.5 Å². The molecule has 0 unspecified atom stereocenters. The van der Waals surface area contributed by atoms with Crippen LogP contribution in [0, 0.1) is 0 Å². The van der Waals surface area contributed by atoms with E-state index in [9.17, 15) is 0 Å². The molecule has 0 radical (unpaired) electrons. The molecule has 3 heteroatoms. The van der Waals surface area contributed by atoms with E-state index in [1.54, 1.807) is 7.11 Å². The fourth-order valence-corrected chi connectivity index (χ4v) is 2.75. The Hall–Kier alpha value is -0.570. The SMILES string of the molecule is C(=NC1CCCCC1)NC1CCCCC1.COC(C)C. The Morgan fingerprint density at radius 1 is 0.950 bits per heavy atom. The van der Waals surface area contributed by atoms with Crippen LogP contribution in [-0.2, 0) is 4.74 Å². The summed E-state index contributed by atoms with van der Waals surface area (Å²) in [6, 6.07) is 1.33. The van der Waals surface area contributed by atoms with Gasteiger partial charge in [-0.25, -0.2) is 0 Å². The van der Waals surface area contributed by atoms with E-state index in [0.717, 1.165) is 0 Å². The number of methoxy groups -OCH3 is 1. The minimum Gasteiger partial charge on any atom is -0.382 e. The minimum absolute atomic E-state index is 0.384.